The van der Waals surface area contributed by atoms with E-state index in [1.165, 1.54) is 18.2 Å². The van der Waals surface area contributed by atoms with Gasteiger partial charge in [-0.1, -0.05) is 18.2 Å². The van der Waals surface area contributed by atoms with Crippen LogP contribution in [0.2, 0.25) is 0 Å². The molecule has 5 nitrogen and oxygen atoms in total. The summed E-state index contributed by atoms with van der Waals surface area (Å²) < 4.78 is 0. The molecule has 2 N–H and O–H groups in total. The monoisotopic (exact) mass is 253 g/mol. The van der Waals surface area contributed by atoms with Crippen molar-refractivity contribution in [1.29, 1.82) is 5.26 Å². The molecule has 1 aromatic heterocycles. The van der Waals surface area contributed by atoms with Crippen molar-refractivity contribution in [3.05, 3.63) is 69.6 Å². The lowest BCUT2D eigenvalue weighted by Crippen LogP contribution is -2.25. The Morgan fingerprint density at radius 1 is 1.21 bits per heavy atom. The van der Waals surface area contributed by atoms with Crippen LogP contribution in [0.25, 0.3) is 0 Å². The third kappa shape index (κ3) is 3.30. The Morgan fingerprint density at radius 2 is 1.95 bits per heavy atom. The van der Waals surface area contributed by atoms with E-state index in [0.29, 0.717) is 12.1 Å². The van der Waals surface area contributed by atoms with Crippen molar-refractivity contribution in [1.82, 2.24) is 10.3 Å². The molecular weight excluding hydrogens is 242 g/mol. The van der Waals surface area contributed by atoms with Crippen molar-refractivity contribution in [3.8, 4) is 6.07 Å². The summed E-state index contributed by atoms with van der Waals surface area (Å²) in [7, 11) is 0. The Hall–Kier alpha value is -2.87. The first kappa shape index (κ1) is 12.6. The molecule has 0 aliphatic rings. The van der Waals surface area contributed by atoms with Crippen LogP contribution in [0, 0.1) is 11.3 Å². The first-order valence-corrected chi connectivity index (χ1v) is 5.65. The van der Waals surface area contributed by atoms with E-state index in [4.69, 9.17) is 5.26 Å². The molecule has 94 valence electrons. The second kappa shape index (κ2) is 5.65. The quantitative estimate of drug-likeness (QED) is 0.861. The number of nitriles is 1. The number of hydrogen-bond acceptors (Lipinski definition) is 3. The number of aromatic nitrogens is 1. The molecule has 2 rings (SSSR count). The Kier molecular flexibility index (Phi) is 3.74. The largest absolute Gasteiger partial charge is 0.347 e. The van der Waals surface area contributed by atoms with Crippen LogP contribution >= 0.6 is 0 Å². The number of carbonyl (C=O) groups excluding carboxylic acids is 1. The average Bonchev–Trinajstić information content (AvgIpc) is 2.45. The summed E-state index contributed by atoms with van der Waals surface area (Å²) in [5.74, 6) is -0.345. The number of rotatable bonds is 3. The van der Waals surface area contributed by atoms with Crippen molar-refractivity contribution in [2.75, 3.05) is 0 Å². The van der Waals surface area contributed by atoms with Crippen LogP contribution < -0.4 is 10.9 Å². The summed E-state index contributed by atoms with van der Waals surface area (Å²) in [6, 6.07) is 13.3. The third-order valence-corrected chi connectivity index (χ3v) is 2.55. The van der Waals surface area contributed by atoms with Crippen LogP contribution in [-0.2, 0) is 6.54 Å². The van der Waals surface area contributed by atoms with Crippen molar-refractivity contribution in [2.45, 2.75) is 6.54 Å². The molecule has 5 heteroatoms. The predicted molar refractivity (Wildman–Crippen MR) is 69.4 cm³/mol. The predicted octanol–water partition coefficient (Wildman–Crippen LogP) is 1.18. The lowest BCUT2D eigenvalue weighted by Gasteiger charge is -2.05. The van der Waals surface area contributed by atoms with E-state index in [-0.39, 0.29) is 17.2 Å². The highest BCUT2D eigenvalue weighted by Gasteiger charge is 2.05. The van der Waals surface area contributed by atoms with Gasteiger partial charge >= 0.3 is 0 Å². The zero-order chi connectivity index (χ0) is 13.7. The van der Waals surface area contributed by atoms with Gasteiger partial charge in [-0.2, -0.15) is 5.26 Å². The lowest BCUT2D eigenvalue weighted by molar-refractivity contribution is 0.0945. The Labute approximate surface area is 109 Å². The molecule has 0 unspecified atom stereocenters. The highest BCUT2D eigenvalue weighted by atomic mass is 16.2. The van der Waals surface area contributed by atoms with Crippen LogP contribution in [0.4, 0.5) is 0 Å². The number of benzene rings is 1. The zero-order valence-electron chi connectivity index (χ0n) is 10.0. The van der Waals surface area contributed by atoms with Crippen LogP contribution in [-0.4, -0.2) is 10.9 Å². The standard InChI is InChI=1S/C14H11N3O2/c15-8-10-4-6-11(7-5-10)9-16-14(19)12-2-1-3-13(18)17-12/h1-7H,9H2,(H,16,19)(H,17,18). The van der Waals surface area contributed by atoms with Crippen molar-refractivity contribution in [3.63, 3.8) is 0 Å². The molecule has 0 bridgehead atoms. The molecule has 2 aromatic rings. The van der Waals surface area contributed by atoms with Gasteiger partial charge in [0.1, 0.15) is 5.69 Å². The van der Waals surface area contributed by atoms with Gasteiger partial charge in [-0.3, -0.25) is 9.59 Å². The minimum atomic E-state index is -0.345. The molecule has 0 aliphatic carbocycles. The topological polar surface area (TPSA) is 85.8 Å². The molecule has 0 atom stereocenters. The van der Waals surface area contributed by atoms with E-state index in [1.54, 1.807) is 24.3 Å². The first-order chi connectivity index (χ1) is 9.19. The molecule has 1 aromatic carbocycles. The van der Waals surface area contributed by atoms with E-state index in [2.05, 4.69) is 10.3 Å². The van der Waals surface area contributed by atoms with Gasteiger partial charge in [-0.15, -0.1) is 0 Å². The van der Waals surface area contributed by atoms with Crippen molar-refractivity contribution in [2.24, 2.45) is 0 Å². The summed E-state index contributed by atoms with van der Waals surface area (Å²) in [5.41, 5.74) is 1.36. The molecule has 19 heavy (non-hydrogen) atoms. The Bertz CT molecular complexity index is 681. The second-order valence-corrected chi connectivity index (χ2v) is 3.92. The number of H-pyrrole nitrogens is 1. The second-order valence-electron chi connectivity index (χ2n) is 3.92. The van der Waals surface area contributed by atoms with Gasteiger partial charge in [0.25, 0.3) is 5.91 Å². The SMILES string of the molecule is N#Cc1ccc(CNC(=O)c2cccc(=O)[nH]2)cc1. The van der Waals surface area contributed by atoms with Gasteiger partial charge in [-0.25, -0.2) is 0 Å². The zero-order valence-corrected chi connectivity index (χ0v) is 10.0. The van der Waals surface area contributed by atoms with Gasteiger partial charge in [0, 0.05) is 12.6 Å². The fourth-order valence-corrected chi connectivity index (χ4v) is 1.55. The Balaban J connectivity index is 2.00. The lowest BCUT2D eigenvalue weighted by atomic mass is 10.1. The van der Waals surface area contributed by atoms with E-state index in [1.807, 2.05) is 6.07 Å². The molecule has 0 saturated heterocycles. The molecule has 0 spiro atoms. The van der Waals surface area contributed by atoms with Crippen LogP contribution in [0.15, 0.2) is 47.3 Å². The highest BCUT2D eigenvalue weighted by molar-refractivity contribution is 5.92. The first-order valence-electron chi connectivity index (χ1n) is 5.65. The summed E-state index contributed by atoms with van der Waals surface area (Å²) in [5, 5.41) is 11.4. The summed E-state index contributed by atoms with van der Waals surface area (Å²) >= 11 is 0. The number of hydrogen-bond donors (Lipinski definition) is 2. The highest BCUT2D eigenvalue weighted by Crippen LogP contribution is 2.03. The average molecular weight is 253 g/mol. The fourth-order valence-electron chi connectivity index (χ4n) is 1.55. The van der Waals surface area contributed by atoms with E-state index in [9.17, 15) is 9.59 Å². The molecule has 0 fully saturated rings. The molecule has 0 saturated carbocycles. The normalized spacial score (nSPS) is 9.63. The van der Waals surface area contributed by atoms with Gasteiger partial charge < -0.3 is 10.3 Å². The third-order valence-electron chi connectivity index (χ3n) is 2.55. The van der Waals surface area contributed by atoms with Gasteiger partial charge in [-0.05, 0) is 23.8 Å². The summed E-state index contributed by atoms with van der Waals surface area (Å²) in [4.78, 5) is 25.3. The van der Waals surface area contributed by atoms with E-state index >= 15 is 0 Å². The van der Waals surface area contributed by atoms with E-state index < -0.39 is 0 Å². The van der Waals surface area contributed by atoms with Crippen LogP contribution in [0.3, 0.4) is 0 Å². The summed E-state index contributed by atoms with van der Waals surface area (Å²) in [6.07, 6.45) is 0. The smallest absolute Gasteiger partial charge is 0.268 e. The van der Waals surface area contributed by atoms with E-state index in [0.717, 1.165) is 5.56 Å². The fraction of sp³-hybridized carbons (Fsp3) is 0.0714. The minimum absolute atomic E-state index is 0.223. The molecule has 0 radical (unpaired) electrons. The number of carbonyl (C=O) groups is 1. The van der Waals surface area contributed by atoms with Crippen molar-refractivity contribution >= 4 is 5.91 Å². The van der Waals surface area contributed by atoms with Crippen LogP contribution in [0.1, 0.15) is 21.6 Å². The molecule has 1 heterocycles. The maximum Gasteiger partial charge on any atom is 0.268 e. The van der Waals surface area contributed by atoms with Gasteiger partial charge in [0.05, 0.1) is 11.6 Å². The molecule has 0 aliphatic heterocycles. The van der Waals surface area contributed by atoms with Crippen molar-refractivity contribution < 1.29 is 4.79 Å². The van der Waals surface area contributed by atoms with Gasteiger partial charge in [0.15, 0.2) is 0 Å². The van der Waals surface area contributed by atoms with Gasteiger partial charge in [0.2, 0.25) is 5.56 Å². The number of pyridine rings is 1. The Morgan fingerprint density at radius 3 is 2.58 bits per heavy atom. The maximum atomic E-state index is 11.8. The molecule has 1 amide bonds. The number of nitrogens with zero attached hydrogens (tertiary/aromatic N) is 1. The molecular formula is C14H11N3O2. The number of nitrogens with one attached hydrogen (secondary N) is 2. The summed E-state index contributed by atoms with van der Waals surface area (Å²) in [6.45, 7) is 0.335. The number of aromatic amines is 1. The van der Waals surface area contributed by atoms with Crippen LogP contribution in [0.5, 0.6) is 0 Å². The number of amides is 1. The minimum Gasteiger partial charge on any atom is -0.347 e. The maximum absolute atomic E-state index is 11.8.